The molecule has 2 fully saturated rings. The fraction of sp³-hybridized carbons (Fsp3) is 0.889. The van der Waals surface area contributed by atoms with Crippen LogP contribution in [0.15, 0.2) is 0 Å². The van der Waals surface area contributed by atoms with E-state index in [1.807, 2.05) is 0 Å². The molecule has 1 saturated carbocycles. The molecule has 1 aliphatic carbocycles. The first-order valence-electron chi connectivity index (χ1n) is 9.19. The second-order valence-corrected chi connectivity index (χ2v) is 7.67. The number of aliphatic carboxylic acids is 1. The van der Waals surface area contributed by atoms with Crippen LogP contribution in [0, 0.1) is 17.8 Å². The topological polar surface area (TPSA) is 69.6 Å². The Labute approximate surface area is 139 Å². The van der Waals surface area contributed by atoms with E-state index in [0.29, 0.717) is 24.8 Å². The lowest BCUT2D eigenvalue weighted by Crippen LogP contribution is -2.42. The van der Waals surface area contributed by atoms with Gasteiger partial charge in [0.25, 0.3) is 0 Å². The number of carboxylic acids is 1. The molecule has 23 heavy (non-hydrogen) atoms. The minimum atomic E-state index is -0.754. The zero-order valence-corrected chi connectivity index (χ0v) is 14.6. The van der Waals surface area contributed by atoms with Gasteiger partial charge in [0, 0.05) is 32.1 Å². The van der Waals surface area contributed by atoms with Gasteiger partial charge in [-0.3, -0.25) is 9.59 Å². The second-order valence-electron chi connectivity index (χ2n) is 7.67. The van der Waals surface area contributed by atoms with Gasteiger partial charge in [-0.25, -0.2) is 0 Å². The van der Waals surface area contributed by atoms with Crippen LogP contribution < -0.4 is 5.32 Å². The molecule has 0 spiro atoms. The molecule has 1 saturated heterocycles. The summed E-state index contributed by atoms with van der Waals surface area (Å²) in [5.41, 5.74) is 0. The van der Waals surface area contributed by atoms with Crippen molar-refractivity contribution in [3.8, 4) is 0 Å². The molecule has 0 aromatic heterocycles. The number of carbonyl (C=O) groups excluding carboxylic acids is 1. The molecule has 1 aliphatic heterocycles. The van der Waals surface area contributed by atoms with Crippen LogP contribution >= 0.6 is 0 Å². The number of hydrogen-bond acceptors (Lipinski definition) is 3. The number of nitrogens with one attached hydrogen (secondary N) is 1. The first-order chi connectivity index (χ1) is 11.0. The Hall–Kier alpha value is -1.10. The van der Waals surface area contributed by atoms with Crippen molar-refractivity contribution in [3.63, 3.8) is 0 Å². The summed E-state index contributed by atoms with van der Waals surface area (Å²) in [6.45, 7) is 6.61. The lowest BCUT2D eigenvalue weighted by atomic mass is 9.91. The quantitative estimate of drug-likeness (QED) is 0.720. The highest BCUT2D eigenvalue weighted by Gasteiger charge is 2.35. The van der Waals surface area contributed by atoms with E-state index in [-0.39, 0.29) is 18.4 Å². The lowest BCUT2D eigenvalue weighted by Gasteiger charge is -2.23. The molecular formula is C18H32N2O3. The summed E-state index contributed by atoms with van der Waals surface area (Å²) in [5.74, 6) is 1.07. The van der Waals surface area contributed by atoms with Gasteiger partial charge < -0.3 is 15.3 Å². The van der Waals surface area contributed by atoms with Gasteiger partial charge in [0.15, 0.2) is 0 Å². The van der Waals surface area contributed by atoms with Crippen LogP contribution in [0.1, 0.15) is 58.8 Å². The van der Waals surface area contributed by atoms with E-state index < -0.39 is 5.97 Å². The normalized spacial score (nSPS) is 26.0. The van der Waals surface area contributed by atoms with Crippen molar-refractivity contribution in [2.24, 2.45) is 17.8 Å². The van der Waals surface area contributed by atoms with E-state index in [2.05, 4.69) is 24.1 Å². The van der Waals surface area contributed by atoms with Crippen molar-refractivity contribution < 1.29 is 14.7 Å². The molecule has 0 aromatic rings. The monoisotopic (exact) mass is 324 g/mol. The number of carbonyl (C=O) groups is 2. The van der Waals surface area contributed by atoms with Crippen molar-refractivity contribution in [1.82, 2.24) is 10.2 Å². The third-order valence-electron chi connectivity index (χ3n) is 5.54. The molecule has 0 aromatic carbocycles. The molecule has 2 atom stereocenters. The largest absolute Gasteiger partial charge is 0.481 e. The second kappa shape index (κ2) is 8.67. The molecular weight excluding hydrogens is 292 g/mol. The van der Waals surface area contributed by atoms with Crippen LogP contribution in [0.5, 0.6) is 0 Å². The van der Waals surface area contributed by atoms with Crippen molar-refractivity contribution in [2.75, 3.05) is 19.6 Å². The smallest absolute Gasteiger partial charge is 0.304 e. The lowest BCUT2D eigenvalue weighted by molar-refractivity contribution is -0.137. The minimum absolute atomic E-state index is 0.167. The van der Waals surface area contributed by atoms with Crippen LogP contribution in [-0.4, -0.2) is 47.6 Å². The van der Waals surface area contributed by atoms with Crippen molar-refractivity contribution >= 4 is 11.9 Å². The summed E-state index contributed by atoms with van der Waals surface area (Å²) in [5, 5.41) is 12.1. The first kappa shape index (κ1) is 18.2. The summed E-state index contributed by atoms with van der Waals surface area (Å²) >= 11 is 0. The van der Waals surface area contributed by atoms with E-state index in [1.54, 1.807) is 0 Å². The highest BCUT2D eigenvalue weighted by atomic mass is 16.4. The molecule has 2 rings (SSSR count). The zero-order chi connectivity index (χ0) is 16.8. The summed E-state index contributed by atoms with van der Waals surface area (Å²) in [7, 11) is 0. The van der Waals surface area contributed by atoms with Crippen LogP contribution in [0.4, 0.5) is 0 Å². The van der Waals surface area contributed by atoms with Crippen LogP contribution in [-0.2, 0) is 9.59 Å². The predicted molar refractivity (Wildman–Crippen MR) is 90.1 cm³/mol. The maximum atomic E-state index is 12.3. The molecule has 0 radical (unpaired) electrons. The fourth-order valence-corrected chi connectivity index (χ4v) is 4.09. The highest BCUT2D eigenvalue weighted by Crippen LogP contribution is 2.29. The molecule has 5 nitrogen and oxygen atoms in total. The van der Waals surface area contributed by atoms with E-state index >= 15 is 0 Å². The van der Waals surface area contributed by atoms with Gasteiger partial charge in [0.2, 0.25) is 5.91 Å². The number of hydrogen-bond donors (Lipinski definition) is 2. The van der Waals surface area contributed by atoms with Crippen molar-refractivity contribution in [1.29, 1.82) is 0 Å². The Bertz CT molecular complexity index is 405. The zero-order valence-electron chi connectivity index (χ0n) is 14.6. The van der Waals surface area contributed by atoms with E-state index in [1.165, 1.54) is 25.7 Å². The van der Waals surface area contributed by atoms with Gasteiger partial charge in [0.05, 0.1) is 6.42 Å². The Morgan fingerprint density at radius 2 is 1.87 bits per heavy atom. The molecule has 1 heterocycles. The van der Waals surface area contributed by atoms with E-state index in [4.69, 9.17) is 5.11 Å². The van der Waals surface area contributed by atoms with Gasteiger partial charge in [0.1, 0.15) is 0 Å². The Balaban J connectivity index is 1.78. The number of rotatable bonds is 8. The van der Waals surface area contributed by atoms with Gasteiger partial charge in [-0.2, -0.15) is 0 Å². The molecule has 132 valence electrons. The maximum absolute atomic E-state index is 12.3. The standard InChI is InChI=1S/C18H32N2O3/c1-13(2)15-11-20(10-9-18(22)23)12-16(15)19-17(21)8-7-14-5-3-4-6-14/h13-16H,3-12H2,1-2H3,(H,19,21)(H,22,23)/t15-,16+/m0/s1. The van der Waals surface area contributed by atoms with E-state index in [9.17, 15) is 9.59 Å². The molecule has 1 amide bonds. The molecule has 2 N–H and O–H groups in total. The van der Waals surface area contributed by atoms with Gasteiger partial charge >= 0.3 is 5.97 Å². The van der Waals surface area contributed by atoms with Crippen LogP contribution in [0.25, 0.3) is 0 Å². The highest BCUT2D eigenvalue weighted by molar-refractivity contribution is 5.76. The number of amides is 1. The van der Waals surface area contributed by atoms with Crippen molar-refractivity contribution in [3.05, 3.63) is 0 Å². The van der Waals surface area contributed by atoms with E-state index in [0.717, 1.165) is 25.4 Å². The van der Waals surface area contributed by atoms with Gasteiger partial charge in [-0.1, -0.05) is 39.5 Å². The average molecular weight is 324 g/mol. The molecule has 0 unspecified atom stereocenters. The summed E-state index contributed by atoms with van der Waals surface area (Å²) in [4.78, 5) is 25.2. The summed E-state index contributed by atoms with van der Waals surface area (Å²) in [6, 6.07) is 0.167. The van der Waals surface area contributed by atoms with Crippen LogP contribution in [0.3, 0.4) is 0 Å². The molecule has 5 heteroatoms. The summed E-state index contributed by atoms with van der Waals surface area (Å²) < 4.78 is 0. The predicted octanol–water partition coefficient (Wildman–Crippen LogP) is 2.50. The first-order valence-corrected chi connectivity index (χ1v) is 9.19. The number of nitrogens with zero attached hydrogens (tertiary/aromatic N) is 1. The molecule has 2 aliphatic rings. The maximum Gasteiger partial charge on any atom is 0.304 e. The van der Waals surface area contributed by atoms with Gasteiger partial charge in [-0.15, -0.1) is 0 Å². The number of carboxylic acid groups (broad SMARTS) is 1. The van der Waals surface area contributed by atoms with Gasteiger partial charge in [-0.05, 0) is 24.2 Å². The third kappa shape index (κ3) is 5.79. The number of likely N-dealkylation sites (tertiary alicyclic amines) is 1. The third-order valence-corrected chi connectivity index (χ3v) is 5.54. The average Bonchev–Trinajstić information content (AvgIpc) is 3.12. The SMILES string of the molecule is CC(C)[C@@H]1CN(CCC(=O)O)C[C@H]1NC(=O)CCC1CCCC1. The fourth-order valence-electron chi connectivity index (χ4n) is 4.09. The minimum Gasteiger partial charge on any atom is -0.481 e. The van der Waals surface area contributed by atoms with Crippen LogP contribution in [0.2, 0.25) is 0 Å². The Kier molecular flexibility index (Phi) is 6.88. The molecule has 0 bridgehead atoms. The Morgan fingerprint density at radius 1 is 1.17 bits per heavy atom. The van der Waals surface area contributed by atoms with Crippen molar-refractivity contribution in [2.45, 2.75) is 64.8 Å². The Morgan fingerprint density at radius 3 is 2.48 bits per heavy atom. The summed E-state index contributed by atoms with van der Waals surface area (Å²) in [6.07, 6.45) is 7.05.